The molecule has 0 atom stereocenters. The van der Waals surface area contributed by atoms with Gasteiger partial charge in [-0.05, 0) is 25.0 Å². The summed E-state index contributed by atoms with van der Waals surface area (Å²) in [5.74, 6) is 0. The SMILES string of the molecule is CCCCCCCCCCCCCCCCCCCOP(=O)(OCCCCCCCCCCCCCCCCCCC)c1ccccc1. The average Bonchev–Trinajstić information content (AvgIpc) is 3.11. The normalized spacial score (nSPS) is 11.9. The van der Waals surface area contributed by atoms with Gasteiger partial charge < -0.3 is 9.05 Å². The van der Waals surface area contributed by atoms with Gasteiger partial charge in [-0.25, -0.2) is 0 Å². The fraction of sp³-hybridized carbons (Fsp3) is 0.864. The Morgan fingerprint density at radius 1 is 0.354 bits per heavy atom. The summed E-state index contributed by atoms with van der Waals surface area (Å²) in [6, 6.07) is 9.61. The van der Waals surface area contributed by atoms with Gasteiger partial charge in [-0.3, -0.25) is 4.57 Å². The first-order valence-electron chi connectivity index (χ1n) is 21.7. The zero-order valence-electron chi connectivity index (χ0n) is 32.5. The van der Waals surface area contributed by atoms with E-state index in [1.54, 1.807) is 0 Å². The molecule has 4 heteroatoms. The van der Waals surface area contributed by atoms with Gasteiger partial charge in [-0.2, -0.15) is 0 Å². The van der Waals surface area contributed by atoms with Crippen LogP contribution in [0.25, 0.3) is 0 Å². The van der Waals surface area contributed by atoms with Crippen LogP contribution in [-0.4, -0.2) is 13.2 Å². The maximum absolute atomic E-state index is 13.7. The fourth-order valence-corrected chi connectivity index (χ4v) is 8.47. The van der Waals surface area contributed by atoms with Crippen molar-refractivity contribution < 1.29 is 13.6 Å². The van der Waals surface area contributed by atoms with Crippen LogP contribution in [0.2, 0.25) is 0 Å². The summed E-state index contributed by atoms with van der Waals surface area (Å²) in [6.07, 6.45) is 46.1. The van der Waals surface area contributed by atoms with Crippen molar-refractivity contribution in [1.29, 1.82) is 0 Å². The van der Waals surface area contributed by atoms with Gasteiger partial charge in [0.15, 0.2) is 0 Å². The van der Waals surface area contributed by atoms with E-state index in [9.17, 15) is 4.57 Å². The summed E-state index contributed by atoms with van der Waals surface area (Å²) in [4.78, 5) is 0. The Hall–Kier alpha value is -0.630. The summed E-state index contributed by atoms with van der Waals surface area (Å²) < 4.78 is 25.7. The standard InChI is InChI=1S/C44H83O3P/c1-3-5-7-9-11-13-15-17-19-21-23-25-27-29-31-33-38-42-46-48(45,44-40-36-35-37-41-44)47-43-39-34-32-30-28-26-24-22-20-18-16-14-12-10-8-6-4-2/h35-37,40-41H,3-34,38-39,42-43H2,1-2H3. The van der Waals surface area contributed by atoms with Gasteiger partial charge in [0.05, 0.1) is 18.5 Å². The van der Waals surface area contributed by atoms with Crippen molar-refractivity contribution in [2.75, 3.05) is 13.2 Å². The smallest absolute Gasteiger partial charge is 0.305 e. The van der Waals surface area contributed by atoms with Gasteiger partial charge in [0, 0.05) is 0 Å². The molecule has 0 bridgehead atoms. The van der Waals surface area contributed by atoms with E-state index in [0.717, 1.165) is 25.7 Å². The van der Waals surface area contributed by atoms with Crippen LogP contribution in [-0.2, 0) is 13.6 Å². The number of hydrogen-bond acceptors (Lipinski definition) is 3. The quantitative estimate of drug-likeness (QED) is 0.0509. The van der Waals surface area contributed by atoms with Crippen molar-refractivity contribution >= 4 is 12.9 Å². The lowest BCUT2D eigenvalue weighted by Gasteiger charge is -2.19. The maximum Gasteiger partial charge on any atom is 0.361 e. The van der Waals surface area contributed by atoms with Crippen molar-refractivity contribution in [3.8, 4) is 0 Å². The fourth-order valence-electron chi connectivity index (χ4n) is 6.82. The molecule has 0 fully saturated rings. The Labute approximate surface area is 301 Å². The Balaban J connectivity index is 1.99. The lowest BCUT2D eigenvalue weighted by Crippen LogP contribution is -2.11. The molecule has 0 aliphatic heterocycles. The third-order valence-corrected chi connectivity index (χ3v) is 12.1. The van der Waals surface area contributed by atoms with E-state index >= 15 is 0 Å². The molecule has 0 saturated carbocycles. The monoisotopic (exact) mass is 691 g/mol. The highest BCUT2D eigenvalue weighted by atomic mass is 31.2. The lowest BCUT2D eigenvalue weighted by molar-refractivity contribution is 0.206. The van der Waals surface area contributed by atoms with E-state index < -0.39 is 7.60 Å². The van der Waals surface area contributed by atoms with Crippen LogP contribution in [0.4, 0.5) is 0 Å². The first kappa shape index (κ1) is 45.4. The Bertz CT molecular complexity index is 754. The second kappa shape index (κ2) is 36.2. The van der Waals surface area contributed by atoms with Crippen LogP contribution in [0.1, 0.15) is 232 Å². The van der Waals surface area contributed by atoms with Crippen LogP contribution < -0.4 is 5.30 Å². The van der Waals surface area contributed by atoms with Crippen LogP contribution >= 0.6 is 7.60 Å². The first-order valence-corrected chi connectivity index (χ1v) is 23.2. The van der Waals surface area contributed by atoms with Gasteiger partial charge in [-0.1, -0.05) is 238 Å². The van der Waals surface area contributed by atoms with E-state index in [1.807, 2.05) is 30.3 Å². The van der Waals surface area contributed by atoms with Crippen molar-refractivity contribution in [3.63, 3.8) is 0 Å². The molecule has 1 aromatic carbocycles. The molecule has 1 aromatic rings. The van der Waals surface area contributed by atoms with Crippen molar-refractivity contribution in [3.05, 3.63) is 30.3 Å². The molecule has 0 aromatic heterocycles. The number of hydrogen-bond donors (Lipinski definition) is 0. The summed E-state index contributed by atoms with van der Waals surface area (Å²) in [5, 5.41) is 0.698. The molecular formula is C44H83O3P. The molecular weight excluding hydrogens is 607 g/mol. The molecule has 48 heavy (non-hydrogen) atoms. The van der Waals surface area contributed by atoms with Crippen molar-refractivity contribution in [1.82, 2.24) is 0 Å². The van der Waals surface area contributed by atoms with Gasteiger partial charge in [-0.15, -0.1) is 0 Å². The molecule has 0 spiro atoms. The van der Waals surface area contributed by atoms with E-state index in [1.165, 1.54) is 193 Å². The minimum atomic E-state index is -3.25. The van der Waals surface area contributed by atoms with Crippen LogP contribution in [0.5, 0.6) is 0 Å². The molecule has 0 radical (unpaired) electrons. The van der Waals surface area contributed by atoms with Crippen molar-refractivity contribution in [2.45, 2.75) is 232 Å². The summed E-state index contributed by atoms with van der Waals surface area (Å²) in [6.45, 7) is 5.62. The van der Waals surface area contributed by atoms with E-state index in [-0.39, 0.29) is 0 Å². The minimum absolute atomic E-state index is 0.518. The maximum atomic E-state index is 13.7. The molecule has 3 nitrogen and oxygen atoms in total. The number of benzene rings is 1. The van der Waals surface area contributed by atoms with Crippen molar-refractivity contribution in [2.24, 2.45) is 0 Å². The first-order chi connectivity index (χ1) is 23.7. The van der Waals surface area contributed by atoms with E-state index in [0.29, 0.717) is 18.5 Å². The molecule has 282 valence electrons. The summed E-state index contributed by atoms with van der Waals surface area (Å²) in [5.41, 5.74) is 0. The zero-order valence-corrected chi connectivity index (χ0v) is 33.4. The molecule has 0 heterocycles. The molecule has 0 N–H and O–H groups in total. The topological polar surface area (TPSA) is 35.5 Å². The average molecular weight is 691 g/mol. The molecule has 0 aliphatic rings. The highest BCUT2D eigenvalue weighted by Crippen LogP contribution is 2.47. The Kier molecular flexibility index (Phi) is 34.2. The second-order valence-electron chi connectivity index (χ2n) is 14.8. The Morgan fingerprint density at radius 2 is 0.583 bits per heavy atom. The van der Waals surface area contributed by atoms with Crippen LogP contribution in [0.3, 0.4) is 0 Å². The Morgan fingerprint density at radius 3 is 0.833 bits per heavy atom. The zero-order chi connectivity index (χ0) is 34.5. The third-order valence-electron chi connectivity index (χ3n) is 10.1. The van der Waals surface area contributed by atoms with Crippen LogP contribution in [0, 0.1) is 0 Å². The highest BCUT2D eigenvalue weighted by molar-refractivity contribution is 7.62. The van der Waals surface area contributed by atoms with Gasteiger partial charge >= 0.3 is 7.60 Å². The van der Waals surface area contributed by atoms with Gasteiger partial charge in [0.1, 0.15) is 0 Å². The molecule has 0 aliphatic carbocycles. The predicted molar refractivity (Wildman–Crippen MR) is 214 cm³/mol. The lowest BCUT2D eigenvalue weighted by atomic mass is 10.0. The molecule has 0 amide bonds. The van der Waals surface area contributed by atoms with E-state index in [2.05, 4.69) is 13.8 Å². The second-order valence-corrected chi connectivity index (χ2v) is 16.8. The van der Waals surface area contributed by atoms with E-state index in [4.69, 9.17) is 9.05 Å². The summed E-state index contributed by atoms with van der Waals surface area (Å²) in [7, 11) is -3.25. The molecule has 0 unspecified atom stereocenters. The number of rotatable bonds is 39. The minimum Gasteiger partial charge on any atom is -0.305 e. The molecule has 0 saturated heterocycles. The van der Waals surface area contributed by atoms with Gasteiger partial charge in [0.2, 0.25) is 0 Å². The van der Waals surface area contributed by atoms with Gasteiger partial charge in [0.25, 0.3) is 0 Å². The number of unbranched alkanes of at least 4 members (excludes halogenated alkanes) is 32. The highest BCUT2D eigenvalue weighted by Gasteiger charge is 2.27. The third kappa shape index (κ3) is 29.1. The predicted octanol–water partition coefficient (Wildman–Crippen LogP) is 15.8. The molecule has 1 rings (SSSR count). The van der Waals surface area contributed by atoms with Crippen LogP contribution in [0.15, 0.2) is 30.3 Å². The largest absolute Gasteiger partial charge is 0.361 e. The summed E-state index contributed by atoms with van der Waals surface area (Å²) >= 11 is 0.